The van der Waals surface area contributed by atoms with E-state index in [1.807, 2.05) is 0 Å². The number of hydrogen-bond donors (Lipinski definition) is 3. The maximum absolute atomic E-state index is 13.0. The van der Waals surface area contributed by atoms with Gasteiger partial charge in [0.25, 0.3) is 0 Å². The Morgan fingerprint density at radius 2 is 2.20 bits per heavy atom. The predicted molar refractivity (Wildman–Crippen MR) is 57.6 cm³/mol. The van der Waals surface area contributed by atoms with Crippen LogP contribution in [-0.2, 0) is 0 Å². The van der Waals surface area contributed by atoms with Crippen molar-refractivity contribution in [2.75, 3.05) is 5.32 Å². The van der Waals surface area contributed by atoms with Crippen molar-refractivity contribution in [2.24, 2.45) is 10.9 Å². The van der Waals surface area contributed by atoms with Crippen LogP contribution in [-0.4, -0.2) is 17.1 Å². The first-order chi connectivity index (χ1) is 7.02. The third-order valence-corrected chi connectivity index (χ3v) is 1.98. The van der Waals surface area contributed by atoms with Crippen molar-refractivity contribution in [3.05, 3.63) is 29.6 Å². The Morgan fingerprint density at radius 1 is 1.53 bits per heavy atom. The van der Waals surface area contributed by atoms with E-state index in [0.29, 0.717) is 5.69 Å². The SMILES string of the molecule is Cc1cc(F)cc(NC(C)C(N)=NO)c1. The highest BCUT2D eigenvalue weighted by atomic mass is 19.1. The fourth-order valence-corrected chi connectivity index (χ4v) is 1.23. The van der Waals surface area contributed by atoms with E-state index in [4.69, 9.17) is 10.9 Å². The standard InChI is InChI=1S/C10H14FN3O/c1-6-3-8(11)5-9(4-6)13-7(2)10(12)14-15/h3-5,7,13,15H,1-2H3,(H2,12,14). The summed E-state index contributed by atoms with van der Waals surface area (Å²) in [5.41, 5.74) is 6.80. The van der Waals surface area contributed by atoms with Crippen LogP contribution in [0.25, 0.3) is 0 Å². The summed E-state index contributed by atoms with van der Waals surface area (Å²) >= 11 is 0. The van der Waals surface area contributed by atoms with Crippen LogP contribution in [0.5, 0.6) is 0 Å². The Bertz CT molecular complexity index is 359. The van der Waals surface area contributed by atoms with Crippen molar-refractivity contribution in [3.63, 3.8) is 0 Å². The number of anilines is 1. The summed E-state index contributed by atoms with van der Waals surface area (Å²) in [6, 6.07) is 4.22. The second-order valence-corrected chi connectivity index (χ2v) is 3.41. The molecule has 1 aromatic carbocycles. The lowest BCUT2D eigenvalue weighted by molar-refractivity contribution is 0.316. The molecule has 1 unspecified atom stereocenters. The van der Waals surface area contributed by atoms with E-state index < -0.39 is 0 Å². The summed E-state index contributed by atoms with van der Waals surface area (Å²) in [5.74, 6) is -0.263. The van der Waals surface area contributed by atoms with Crippen molar-refractivity contribution in [1.29, 1.82) is 0 Å². The molecule has 0 spiro atoms. The van der Waals surface area contributed by atoms with E-state index in [9.17, 15) is 4.39 Å². The van der Waals surface area contributed by atoms with Gasteiger partial charge in [-0.3, -0.25) is 0 Å². The van der Waals surface area contributed by atoms with Gasteiger partial charge in [-0.05, 0) is 37.6 Å². The molecule has 4 nitrogen and oxygen atoms in total. The van der Waals surface area contributed by atoms with Gasteiger partial charge in [-0.1, -0.05) is 5.16 Å². The molecule has 0 aliphatic carbocycles. The number of amidine groups is 1. The van der Waals surface area contributed by atoms with Crippen molar-refractivity contribution >= 4 is 11.5 Å². The van der Waals surface area contributed by atoms with Crippen LogP contribution in [0.15, 0.2) is 23.4 Å². The van der Waals surface area contributed by atoms with E-state index in [2.05, 4.69) is 10.5 Å². The summed E-state index contributed by atoms with van der Waals surface area (Å²) in [7, 11) is 0. The topological polar surface area (TPSA) is 70.6 Å². The first-order valence-electron chi connectivity index (χ1n) is 4.54. The minimum absolute atomic E-state index is 0.0527. The monoisotopic (exact) mass is 211 g/mol. The van der Waals surface area contributed by atoms with Gasteiger partial charge in [-0.25, -0.2) is 4.39 Å². The van der Waals surface area contributed by atoms with E-state index in [-0.39, 0.29) is 17.7 Å². The average molecular weight is 211 g/mol. The molecule has 0 aromatic heterocycles. The zero-order valence-electron chi connectivity index (χ0n) is 8.66. The molecule has 0 fully saturated rings. The number of aryl methyl sites for hydroxylation is 1. The second-order valence-electron chi connectivity index (χ2n) is 3.41. The van der Waals surface area contributed by atoms with Crippen LogP contribution in [0, 0.1) is 12.7 Å². The Hall–Kier alpha value is -1.78. The predicted octanol–water partition coefficient (Wildman–Crippen LogP) is 1.68. The maximum atomic E-state index is 13.0. The van der Waals surface area contributed by atoms with Crippen LogP contribution < -0.4 is 11.1 Å². The second kappa shape index (κ2) is 4.63. The summed E-state index contributed by atoms with van der Waals surface area (Å²) in [6.07, 6.45) is 0. The molecule has 0 heterocycles. The quantitative estimate of drug-likeness (QED) is 0.308. The molecule has 1 atom stereocenters. The highest BCUT2D eigenvalue weighted by molar-refractivity contribution is 5.87. The summed E-state index contributed by atoms with van der Waals surface area (Å²) in [5, 5.41) is 14.2. The Balaban J connectivity index is 2.81. The Morgan fingerprint density at radius 3 is 2.73 bits per heavy atom. The fraction of sp³-hybridized carbons (Fsp3) is 0.300. The molecule has 0 saturated heterocycles. The molecule has 0 saturated carbocycles. The van der Waals surface area contributed by atoms with Gasteiger partial charge in [-0.15, -0.1) is 0 Å². The number of rotatable bonds is 3. The average Bonchev–Trinajstić information content (AvgIpc) is 2.14. The molecule has 4 N–H and O–H groups in total. The van der Waals surface area contributed by atoms with Crippen molar-refractivity contribution in [1.82, 2.24) is 0 Å². The minimum atomic E-state index is -0.351. The molecule has 1 aromatic rings. The lowest BCUT2D eigenvalue weighted by Gasteiger charge is -2.14. The van der Waals surface area contributed by atoms with E-state index in [0.717, 1.165) is 5.56 Å². The van der Waals surface area contributed by atoms with Crippen LogP contribution in [0.4, 0.5) is 10.1 Å². The highest BCUT2D eigenvalue weighted by Gasteiger charge is 2.07. The lowest BCUT2D eigenvalue weighted by Crippen LogP contribution is -2.32. The maximum Gasteiger partial charge on any atom is 0.161 e. The molecule has 0 aliphatic heterocycles. The normalized spacial score (nSPS) is 13.7. The molecule has 5 heteroatoms. The molecular weight excluding hydrogens is 197 g/mol. The first-order valence-corrected chi connectivity index (χ1v) is 4.54. The molecule has 0 bridgehead atoms. The zero-order chi connectivity index (χ0) is 11.4. The van der Waals surface area contributed by atoms with E-state index in [1.54, 1.807) is 19.9 Å². The number of halogens is 1. The van der Waals surface area contributed by atoms with E-state index >= 15 is 0 Å². The van der Waals surface area contributed by atoms with Crippen LogP contribution in [0.2, 0.25) is 0 Å². The number of nitrogens with one attached hydrogen (secondary N) is 1. The van der Waals surface area contributed by atoms with Crippen molar-refractivity contribution < 1.29 is 9.60 Å². The number of hydrogen-bond acceptors (Lipinski definition) is 3. The summed E-state index contributed by atoms with van der Waals surface area (Å²) in [6.45, 7) is 3.51. The van der Waals surface area contributed by atoms with Gasteiger partial charge in [0.05, 0.1) is 6.04 Å². The highest BCUT2D eigenvalue weighted by Crippen LogP contribution is 2.14. The lowest BCUT2D eigenvalue weighted by atomic mass is 10.2. The first kappa shape index (κ1) is 11.3. The number of nitrogens with zero attached hydrogens (tertiary/aromatic N) is 1. The number of benzene rings is 1. The summed E-state index contributed by atoms with van der Waals surface area (Å²) < 4.78 is 13.0. The summed E-state index contributed by atoms with van der Waals surface area (Å²) in [4.78, 5) is 0. The van der Waals surface area contributed by atoms with Crippen molar-refractivity contribution in [3.8, 4) is 0 Å². The number of nitrogens with two attached hydrogens (primary N) is 1. The Kier molecular flexibility index (Phi) is 3.49. The fourth-order valence-electron chi connectivity index (χ4n) is 1.23. The van der Waals surface area contributed by atoms with Gasteiger partial charge in [0.2, 0.25) is 0 Å². The number of oxime groups is 1. The Labute approximate surface area is 87.6 Å². The minimum Gasteiger partial charge on any atom is -0.409 e. The molecule has 82 valence electrons. The third-order valence-electron chi connectivity index (χ3n) is 1.98. The molecule has 0 amide bonds. The van der Waals surface area contributed by atoms with Gasteiger partial charge in [-0.2, -0.15) is 0 Å². The molecule has 0 aliphatic rings. The molecule has 1 rings (SSSR count). The molecule has 0 radical (unpaired) electrons. The smallest absolute Gasteiger partial charge is 0.161 e. The van der Waals surface area contributed by atoms with Gasteiger partial charge in [0.1, 0.15) is 5.82 Å². The zero-order valence-corrected chi connectivity index (χ0v) is 8.66. The van der Waals surface area contributed by atoms with Crippen LogP contribution in [0.3, 0.4) is 0 Å². The van der Waals surface area contributed by atoms with Crippen LogP contribution in [0.1, 0.15) is 12.5 Å². The molecular formula is C10H14FN3O. The van der Waals surface area contributed by atoms with Crippen LogP contribution >= 0.6 is 0 Å². The van der Waals surface area contributed by atoms with Gasteiger partial charge < -0.3 is 16.3 Å². The molecule has 15 heavy (non-hydrogen) atoms. The van der Waals surface area contributed by atoms with E-state index in [1.165, 1.54) is 12.1 Å². The largest absolute Gasteiger partial charge is 0.409 e. The van der Waals surface area contributed by atoms with Gasteiger partial charge >= 0.3 is 0 Å². The van der Waals surface area contributed by atoms with Crippen molar-refractivity contribution in [2.45, 2.75) is 19.9 Å². The van der Waals surface area contributed by atoms with Gasteiger partial charge in [0.15, 0.2) is 5.84 Å². The van der Waals surface area contributed by atoms with Gasteiger partial charge in [0, 0.05) is 5.69 Å². The third kappa shape index (κ3) is 3.12.